The maximum atomic E-state index is 13.0. The quantitative estimate of drug-likeness (QED) is 0.0710. The van der Waals surface area contributed by atoms with Gasteiger partial charge in [-0.25, -0.2) is 10.2 Å². The molecule has 5 aromatic rings. The number of amides is 2. The first kappa shape index (κ1) is 31.0. The maximum absolute atomic E-state index is 13.0. The molecular weight excluding hydrogens is 645 g/mol. The first-order valence-electron chi connectivity index (χ1n) is 13.1. The molecule has 1 heterocycles. The third kappa shape index (κ3) is 7.38. The van der Waals surface area contributed by atoms with E-state index >= 15 is 0 Å². The Balaban J connectivity index is 1.21. The molecule has 0 aliphatic carbocycles. The molecule has 0 unspecified atom stereocenters. The van der Waals surface area contributed by atoms with Gasteiger partial charge >= 0.3 is 5.97 Å². The van der Waals surface area contributed by atoms with Crippen molar-refractivity contribution in [2.45, 2.75) is 6.92 Å². The van der Waals surface area contributed by atoms with Crippen LogP contribution in [-0.2, 0) is 0 Å². The number of carbonyl (C=O) groups is 3. The summed E-state index contributed by atoms with van der Waals surface area (Å²) in [6.07, 6.45) is 1.43. The van der Waals surface area contributed by atoms with Crippen molar-refractivity contribution >= 4 is 85.9 Å². The van der Waals surface area contributed by atoms with E-state index in [0.29, 0.717) is 55.2 Å². The number of carbonyl (C=O) groups excluding carboxylic acids is 3. The molecule has 1 aromatic heterocycles. The van der Waals surface area contributed by atoms with Crippen molar-refractivity contribution in [3.8, 4) is 11.5 Å². The molecule has 0 atom stereocenters. The smallest absolute Gasteiger partial charge is 0.355 e. The van der Waals surface area contributed by atoms with E-state index < -0.39 is 11.9 Å². The largest absolute Gasteiger partial charge is 0.490 e. The second-order valence-corrected chi connectivity index (χ2v) is 11.5. The summed E-state index contributed by atoms with van der Waals surface area (Å²) in [4.78, 5) is 38.2. The Hall–Kier alpha value is -4.41. The van der Waals surface area contributed by atoms with Gasteiger partial charge in [-0.1, -0.05) is 40.9 Å². The van der Waals surface area contributed by atoms with Gasteiger partial charge in [0.1, 0.15) is 4.88 Å². The number of thiophene rings is 1. The Bertz CT molecular complexity index is 1890. The average molecular weight is 667 g/mol. The number of fused-ring (bicyclic) bond motifs is 1. The van der Waals surface area contributed by atoms with Crippen molar-refractivity contribution < 1.29 is 23.9 Å². The van der Waals surface area contributed by atoms with Crippen molar-refractivity contribution in [2.75, 3.05) is 11.9 Å². The molecule has 0 aliphatic rings. The number of esters is 1. The molecule has 2 N–H and O–H groups in total. The van der Waals surface area contributed by atoms with Crippen LogP contribution in [0.4, 0.5) is 5.69 Å². The van der Waals surface area contributed by atoms with Gasteiger partial charge in [0, 0.05) is 36.9 Å². The van der Waals surface area contributed by atoms with Gasteiger partial charge in [-0.3, -0.25) is 9.59 Å². The third-order valence-electron chi connectivity index (χ3n) is 6.14. The van der Waals surface area contributed by atoms with E-state index in [1.54, 1.807) is 91.9 Å². The number of halogens is 3. The predicted octanol–water partition coefficient (Wildman–Crippen LogP) is 8.50. The fourth-order valence-electron chi connectivity index (χ4n) is 4.01. The monoisotopic (exact) mass is 665 g/mol. The highest BCUT2D eigenvalue weighted by Gasteiger charge is 2.21. The summed E-state index contributed by atoms with van der Waals surface area (Å²) < 4.78 is 12.1. The van der Waals surface area contributed by atoms with Crippen LogP contribution in [0.1, 0.15) is 42.9 Å². The summed E-state index contributed by atoms with van der Waals surface area (Å²) >= 11 is 19.6. The van der Waals surface area contributed by atoms with Crippen molar-refractivity contribution in [1.29, 1.82) is 0 Å². The van der Waals surface area contributed by atoms with Gasteiger partial charge < -0.3 is 14.8 Å². The van der Waals surface area contributed by atoms with E-state index in [2.05, 4.69) is 15.8 Å². The minimum absolute atomic E-state index is 0.202. The number of hydrazone groups is 1. The molecule has 12 heteroatoms. The van der Waals surface area contributed by atoms with E-state index in [9.17, 15) is 14.4 Å². The molecule has 0 radical (unpaired) electrons. The first-order valence-corrected chi connectivity index (χ1v) is 15.0. The lowest BCUT2D eigenvalue weighted by Crippen LogP contribution is -2.18. The van der Waals surface area contributed by atoms with Gasteiger partial charge in [0.2, 0.25) is 0 Å². The molecule has 4 aromatic carbocycles. The number of nitrogens with zero attached hydrogens (tertiary/aromatic N) is 1. The molecule has 0 spiro atoms. The van der Waals surface area contributed by atoms with Crippen molar-refractivity contribution in [2.24, 2.45) is 5.10 Å². The van der Waals surface area contributed by atoms with Crippen LogP contribution in [0.3, 0.4) is 0 Å². The number of anilines is 1. The summed E-state index contributed by atoms with van der Waals surface area (Å²) in [5.74, 6) is -0.864. The highest BCUT2D eigenvalue weighted by atomic mass is 35.5. The summed E-state index contributed by atoms with van der Waals surface area (Å²) in [6.45, 7) is 2.12. The van der Waals surface area contributed by atoms with Crippen molar-refractivity contribution in [3.05, 3.63) is 122 Å². The second-order valence-electron chi connectivity index (χ2n) is 9.15. The first-order chi connectivity index (χ1) is 21.2. The second kappa shape index (κ2) is 13.9. The van der Waals surface area contributed by atoms with Gasteiger partial charge in [-0.2, -0.15) is 5.10 Å². The zero-order valence-corrected chi connectivity index (χ0v) is 26.0. The number of benzene rings is 4. The molecule has 0 saturated carbocycles. The average Bonchev–Trinajstić information content (AvgIpc) is 3.34. The topological polar surface area (TPSA) is 106 Å². The SMILES string of the molecule is CCOc1cc(/C=N\NC(=O)c2ccc(NC(=O)c3ccc(Cl)cc3)cc2)ccc1OC(=O)c1sc2cc(Cl)ccc2c1Cl. The lowest BCUT2D eigenvalue weighted by molar-refractivity contribution is 0.0733. The molecular formula is C32H22Cl3N3O5S. The molecule has 2 amide bonds. The highest BCUT2D eigenvalue weighted by molar-refractivity contribution is 7.21. The maximum Gasteiger partial charge on any atom is 0.355 e. The number of rotatable bonds is 9. The normalized spacial score (nSPS) is 11.0. The van der Waals surface area contributed by atoms with E-state index in [4.69, 9.17) is 44.3 Å². The van der Waals surface area contributed by atoms with Gasteiger partial charge in [0.25, 0.3) is 11.8 Å². The Morgan fingerprint density at radius 3 is 2.23 bits per heavy atom. The lowest BCUT2D eigenvalue weighted by Gasteiger charge is -2.11. The minimum Gasteiger partial charge on any atom is -0.490 e. The number of ether oxygens (including phenoxy) is 2. The summed E-state index contributed by atoms with van der Waals surface area (Å²) in [5, 5.41) is 8.86. The molecule has 8 nitrogen and oxygen atoms in total. The zero-order valence-electron chi connectivity index (χ0n) is 22.9. The Morgan fingerprint density at radius 1 is 0.818 bits per heavy atom. The Labute approximate surface area is 271 Å². The molecule has 5 rings (SSSR count). The minimum atomic E-state index is -0.627. The summed E-state index contributed by atoms with van der Waals surface area (Å²) in [5.41, 5.74) is 4.36. The van der Waals surface area contributed by atoms with Crippen LogP contribution in [0.25, 0.3) is 10.1 Å². The highest BCUT2D eigenvalue weighted by Crippen LogP contribution is 2.38. The van der Waals surface area contributed by atoms with Crippen LogP contribution < -0.4 is 20.2 Å². The number of nitrogens with one attached hydrogen (secondary N) is 2. The van der Waals surface area contributed by atoms with Crippen LogP contribution in [0, 0.1) is 0 Å². The Morgan fingerprint density at radius 2 is 1.50 bits per heavy atom. The van der Waals surface area contributed by atoms with E-state index in [-0.39, 0.29) is 16.5 Å². The molecule has 0 bridgehead atoms. The van der Waals surface area contributed by atoms with Crippen LogP contribution in [0.15, 0.2) is 90.0 Å². The Kier molecular flexibility index (Phi) is 9.82. The van der Waals surface area contributed by atoms with Gasteiger partial charge in [-0.15, -0.1) is 11.3 Å². The van der Waals surface area contributed by atoms with E-state index in [1.165, 1.54) is 17.6 Å². The van der Waals surface area contributed by atoms with Crippen LogP contribution in [0.5, 0.6) is 11.5 Å². The van der Waals surface area contributed by atoms with Gasteiger partial charge in [-0.05, 0) is 91.3 Å². The van der Waals surface area contributed by atoms with E-state index in [1.807, 2.05) is 0 Å². The molecule has 0 aliphatic heterocycles. The molecule has 44 heavy (non-hydrogen) atoms. The number of hydrogen-bond acceptors (Lipinski definition) is 7. The molecule has 222 valence electrons. The van der Waals surface area contributed by atoms with Gasteiger partial charge in [0.15, 0.2) is 11.5 Å². The summed E-state index contributed by atoms with van der Waals surface area (Å²) in [6, 6.07) is 22.9. The zero-order chi connectivity index (χ0) is 31.2. The fraction of sp³-hybridized carbons (Fsp3) is 0.0625. The van der Waals surface area contributed by atoms with Gasteiger partial charge in [0.05, 0.1) is 17.8 Å². The van der Waals surface area contributed by atoms with Crippen LogP contribution in [-0.4, -0.2) is 30.6 Å². The van der Waals surface area contributed by atoms with Crippen LogP contribution in [0.2, 0.25) is 15.1 Å². The number of hydrogen-bond donors (Lipinski definition) is 2. The van der Waals surface area contributed by atoms with Crippen LogP contribution >= 0.6 is 46.1 Å². The van der Waals surface area contributed by atoms with Crippen molar-refractivity contribution in [3.63, 3.8) is 0 Å². The van der Waals surface area contributed by atoms with Crippen molar-refractivity contribution in [1.82, 2.24) is 5.43 Å². The lowest BCUT2D eigenvalue weighted by atomic mass is 10.1. The fourth-order valence-corrected chi connectivity index (χ4v) is 5.80. The third-order valence-corrected chi connectivity index (χ3v) is 8.26. The molecule has 0 fully saturated rings. The molecule has 0 saturated heterocycles. The summed E-state index contributed by atoms with van der Waals surface area (Å²) in [7, 11) is 0. The van der Waals surface area contributed by atoms with E-state index in [0.717, 1.165) is 4.70 Å². The predicted molar refractivity (Wildman–Crippen MR) is 175 cm³/mol. The standard InChI is InChI=1S/C32H22Cl3N3O5S/c1-2-42-26-15-18(3-14-25(26)43-32(41)29-28(35)24-13-10-22(34)16-27(24)44-29)17-36-38-31(40)20-6-11-23(12-7-20)37-30(39)19-4-8-21(33)9-5-19/h3-17H,2H2,1H3,(H,37,39)(H,38,40)/b36-17-.